The van der Waals surface area contributed by atoms with Gasteiger partial charge in [0.15, 0.2) is 11.6 Å². The SMILES string of the molecule is Cc1ccccc1-c1ccc(N2CCN(c3cnsn3)CC2)nn1. The first-order valence-corrected chi connectivity index (χ1v) is 8.71. The molecule has 2 aromatic heterocycles. The van der Waals surface area contributed by atoms with Gasteiger partial charge in [-0.1, -0.05) is 24.3 Å². The van der Waals surface area contributed by atoms with Gasteiger partial charge in [-0.25, -0.2) is 0 Å². The number of piperazine rings is 1. The molecular formula is C17H18N6S. The smallest absolute Gasteiger partial charge is 0.162 e. The van der Waals surface area contributed by atoms with Crippen LogP contribution in [0.2, 0.25) is 0 Å². The number of rotatable bonds is 3. The molecule has 1 saturated heterocycles. The van der Waals surface area contributed by atoms with Crippen LogP contribution in [0.5, 0.6) is 0 Å². The van der Waals surface area contributed by atoms with E-state index in [0.717, 1.165) is 49.1 Å². The highest BCUT2D eigenvalue weighted by Gasteiger charge is 2.20. The lowest BCUT2D eigenvalue weighted by Crippen LogP contribution is -2.47. The molecule has 1 fully saturated rings. The highest BCUT2D eigenvalue weighted by atomic mass is 32.1. The van der Waals surface area contributed by atoms with Crippen LogP contribution in [0.25, 0.3) is 11.3 Å². The normalized spacial score (nSPS) is 14.9. The number of aromatic nitrogens is 4. The summed E-state index contributed by atoms with van der Waals surface area (Å²) in [7, 11) is 0. The quantitative estimate of drug-likeness (QED) is 0.732. The van der Waals surface area contributed by atoms with Crippen molar-refractivity contribution in [2.75, 3.05) is 36.0 Å². The maximum Gasteiger partial charge on any atom is 0.162 e. The molecule has 0 spiro atoms. The highest BCUT2D eigenvalue weighted by Crippen LogP contribution is 2.23. The van der Waals surface area contributed by atoms with Crippen LogP contribution >= 0.6 is 11.7 Å². The fourth-order valence-corrected chi connectivity index (χ4v) is 3.40. The minimum atomic E-state index is 0.913. The van der Waals surface area contributed by atoms with Crippen LogP contribution in [0, 0.1) is 6.92 Å². The Morgan fingerprint density at radius 2 is 1.62 bits per heavy atom. The van der Waals surface area contributed by atoms with E-state index in [4.69, 9.17) is 0 Å². The number of anilines is 2. The first kappa shape index (κ1) is 15.0. The number of benzene rings is 1. The fourth-order valence-electron chi connectivity index (χ4n) is 2.96. The van der Waals surface area contributed by atoms with E-state index in [1.54, 1.807) is 0 Å². The van der Waals surface area contributed by atoms with E-state index in [9.17, 15) is 0 Å². The van der Waals surface area contributed by atoms with Gasteiger partial charge in [0, 0.05) is 31.7 Å². The van der Waals surface area contributed by atoms with Crippen molar-refractivity contribution in [2.45, 2.75) is 6.92 Å². The zero-order chi connectivity index (χ0) is 16.4. The monoisotopic (exact) mass is 338 g/mol. The first-order chi connectivity index (χ1) is 11.8. The van der Waals surface area contributed by atoms with Crippen LogP contribution < -0.4 is 9.80 Å². The lowest BCUT2D eigenvalue weighted by Gasteiger charge is -2.35. The molecule has 0 aliphatic carbocycles. The molecule has 6 nitrogen and oxygen atoms in total. The molecule has 0 unspecified atom stereocenters. The third kappa shape index (κ3) is 2.94. The Balaban J connectivity index is 1.45. The van der Waals surface area contributed by atoms with Crippen molar-refractivity contribution in [1.82, 2.24) is 18.9 Å². The minimum Gasteiger partial charge on any atom is -0.352 e. The predicted molar refractivity (Wildman–Crippen MR) is 96.5 cm³/mol. The molecule has 0 atom stereocenters. The molecule has 0 radical (unpaired) electrons. The first-order valence-electron chi connectivity index (χ1n) is 7.98. The van der Waals surface area contributed by atoms with Gasteiger partial charge in [0.2, 0.25) is 0 Å². The van der Waals surface area contributed by atoms with Gasteiger partial charge in [-0.2, -0.15) is 8.75 Å². The Morgan fingerprint density at radius 1 is 0.875 bits per heavy atom. The lowest BCUT2D eigenvalue weighted by atomic mass is 10.1. The average molecular weight is 338 g/mol. The molecule has 1 aliphatic heterocycles. The van der Waals surface area contributed by atoms with Crippen LogP contribution in [-0.4, -0.2) is 45.1 Å². The standard InChI is InChI=1S/C17H18N6S/c1-13-4-2-3-5-14(13)15-6-7-16(20-19-15)22-8-10-23(11-9-22)17-12-18-24-21-17/h2-7,12H,8-11H2,1H3. The molecule has 3 heterocycles. The van der Waals surface area contributed by atoms with Gasteiger partial charge < -0.3 is 9.80 Å². The summed E-state index contributed by atoms with van der Waals surface area (Å²) in [6.45, 7) is 5.77. The van der Waals surface area contributed by atoms with E-state index >= 15 is 0 Å². The maximum atomic E-state index is 4.44. The lowest BCUT2D eigenvalue weighted by molar-refractivity contribution is 0.640. The van der Waals surface area contributed by atoms with Crippen molar-refractivity contribution in [1.29, 1.82) is 0 Å². The summed E-state index contributed by atoms with van der Waals surface area (Å²) in [6.07, 6.45) is 1.83. The summed E-state index contributed by atoms with van der Waals surface area (Å²) in [5.74, 6) is 1.91. The van der Waals surface area contributed by atoms with Gasteiger partial charge in [-0.15, -0.1) is 10.2 Å². The number of nitrogens with zero attached hydrogens (tertiary/aromatic N) is 6. The molecule has 3 aromatic rings. The Kier molecular flexibility index (Phi) is 4.08. The van der Waals surface area contributed by atoms with E-state index in [2.05, 4.69) is 59.9 Å². The van der Waals surface area contributed by atoms with Crippen molar-refractivity contribution in [3.63, 3.8) is 0 Å². The van der Waals surface area contributed by atoms with Gasteiger partial charge in [-0.3, -0.25) is 0 Å². The van der Waals surface area contributed by atoms with Crippen LogP contribution in [0.15, 0.2) is 42.6 Å². The van der Waals surface area contributed by atoms with Crippen LogP contribution in [0.4, 0.5) is 11.6 Å². The van der Waals surface area contributed by atoms with Crippen molar-refractivity contribution >= 4 is 23.4 Å². The summed E-state index contributed by atoms with van der Waals surface area (Å²) in [5.41, 5.74) is 3.27. The van der Waals surface area contributed by atoms with Crippen molar-refractivity contribution in [3.8, 4) is 11.3 Å². The van der Waals surface area contributed by atoms with Gasteiger partial charge in [0.1, 0.15) is 0 Å². The van der Waals surface area contributed by atoms with Crippen LogP contribution in [0.3, 0.4) is 0 Å². The predicted octanol–water partition coefficient (Wildman–Crippen LogP) is 2.63. The summed E-state index contributed by atoms with van der Waals surface area (Å²) >= 11 is 1.25. The van der Waals surface area contributed by atoms with E-state index in [1.807, 2.05) is 18.3 Å². The summed E-state index contributed by atoms with van der Waals surface area (Å²) in [6, 6.07) is 12.4. The van der Waals surface area contributed by atoms with E-state index in [-0.39, 0.29) is 0 Å². The van der Waals surface area contributed by atoms with E-state index < -0.39 is 0 Å². The van der Waals surface area contributed by atoms with E-state index in [1.165, 1.54) is 17.3 Å². The number of hydrogen-bond acceptors (Lipinski definition) is 7. The molecule has 122 valence electrons. The number of aryl methyl sites for hydroxylation is 1. The Hall–Kier alpha value is -2.54. The second-order valence-corrected chi connectivity index (χ2v) is 6.39. The maximum absolute atomic E-state index is 4.44. The third-order valence-corrected chi connectivity index (χ3v) is 4.82. The van der Waals surface area contributed by atoms with Crippen molar-refractivity contribution in [2.24, 2.45) is 0 Å². The molecule has 0 saturated carbocycles. The Morgan fingerprint density at radius 3 is 2.25 bits per heavy atom. The Bertz CT molecular complexity index is 794. The summed E-state index contributed by atoms with van der Waals surface area (Å²) in [4.78, 5) is 4.53. The molecule has 0 N–H and O–H groups in total. The third-order valence-electron chi connectivity index (χ3n) is 4.35. The Labute approximate surface area is 145 Å². The molecule has 7 heteroatoms. The van der Waals surface area contributed by atoms with E-state index in [0.29, 0.717) is 0 Å². The fraction of sp³-hybridized carbons (Fsp3) is 0.294. The zero-order valence-corrected chi connectivity index (χ0v) is 14.3. The zero-order valence-electron chi connectivity index (χ0n) is 13.5. The average Bonchev–Trinajstić information content (AvgIpc) is 3.17. The molecule has 24 heavy (non-hydrogen) atoms. The second kappa shape index (κ2) is 6.52. The van der Waals surface area contributed by atoms with Gasteiger partial charge in [0.05, 0.1) is 23.6 Å². The molecule has 0 amide bonds. The molecular weight excluding hydrogens is 320 g/mol. The minimum absolute atomic E-state index is 0.913. The number of hydrogen-bond donors (Lipinski definition) is 0. The summed E-state index contributed by atoms with van der Waals surface area (Å²) < 4.78 is 8.37. The molecule has 4 rings (SSSR count). The second-order valence-electron chi connectivity index (χ2n) is 5.83. The van der Waals surface area contributed by atoms with Gasteiger partial charge in [-0.05, 0) is 24.6 Å². The highest BCUT2D eigenvalue weighted by molar-refractivity contribution is 6.99. The molecule has 0 bridgehead atoms. The molecule has 1 aliphatic rings. The van der Waals surface area contributed by atoms with Gasteiger partial charge in [0.25, 0.3) is 0 Å². The van der Waals surface area contributed by atoms with Gasteiger partial charge >= 0.3 is 0 Å². The van der Waals surface area contributed by atoms with Crippen LogP contribution in [-0.2, 0) is 0 Å². The largest absolute Gasteiger partial charge is 0.352 e. The van der Waals surface area contributed by atoms with Crippen LogP contribution in [0.1, 0.15) is 5.56 Å². The summed E-state index contributed by atoms with van der Waals surface area (Å²) in [5, 5.41) is 8.87. The van der Waals surface area contributed by atoms with Crippen molar-refractivity contribution in [3.05, 3.63) is 48.2 Å². The molecule has 1 aromatic carbocycles. The van der Waals surface area contributed by atoms with Crippen molar-refractivity contribution < 1.29 is 0 Å². The topological polar surface area (TPSA) is 58.0 Å².